The molecule has 1 aromatic heterocycles. The number of hydrogen-bond donors (Lipinski definition) is 0. The maximum Gasteiger partial charge on any atom is 0.227 e. The lowest BCUT2D eigenvalue weighted by Gasteiger charge is -2.27. The van der Waals surface area contributed by atoms with E-state index >= 15 is 0 Å². The summed E-state index contributed by atoms with van der Waals surface area (Å²) in [6.45, 7) is 3.29. The third-order valence-corrected chi connectivity index (χ3v) is 4.87. The number of amides is 1. The van der Waals surface area contributed by atoms with Gasteiger partial charge in [0.2, 0.25) is 5.91 Å². The fourth-order valence-corrected chi connectivity index (χ4v) is 3.32. The van der Waals surface area contributed by atoms with Gasteiger partial charge >= 0.3 is 0 Å². The molecule has 0 saturated carbocycles. The molecule has 1 amide bonds. The van der Waals surface area contributed by atoms with Crippen LogP contribution in [0.1, 0.15) is 23.4 Å². The number of rotatable bonds is 4. The second-order valence-corrected chi connectivity index (χ2v) is 6.67. The molecule has 0 bridgehead atoms. The van der Waals surface area contributed by atoms with Crippen molar-refractivity contribution in [3.05, 3.63) is 77.6 Å². The maximum atomic E-state index is 12.6. The molecule has 6 nitrogen and oxygen atoms in total. The zero-order chi connectivity index (χ0) is 18.6. The highest BCUT2D eigenvalue weighted by Gasteiger charge is 2.18. The molecule has 4 rings (SSSR count). The van der Waals surface area contributed by atoms with E-state index in [2.05, 4.69) is 33.7 Å². The van der Waals surface area contributed by atoms with Gasteiger partial charge in [-0.15, -0.1) is 5.10 Å². The summed E-state index contributed by atoms with van der Waals surface area (Å²) >= 11 is 0. The number of hydrogen-bond acceptors (Lipinski definition) is 4. The molecule has 0 aliphatic carbocycles. The molecular formula is C21H21N5O. The second-order valence-electron chi connectivity index (χ2n) is 6.67. The minimum Gasteiger partial charge on any atom is -0.338 e. The van der Waals surface area contributed by atoms with Crippen molar-refractivity contribution >= 4 is 11.5 Å². The molecule has 0 fully saturated rings. The second kappa shape index (κ2) is 7.53. The van der Waals surface area contributed by atoms with Crippen LogP contribution in [0.25, 0.3) is 11.3 Å². The highest BCUT2D eigenvalue weighted by molar-refractivity contribution is 5.80. The smallest absolute Gasteiger partial charge is 0.227 e. The Bertz CT molecular complexity index is 960. The van der Waals surface area contributed by atoms with E-state index in [0.717, 1.165) is 30.0 Å². The Morgan fingerprint density at radius 2 is 1.85 bits per heavy atom. The number of benzene rings is 2. The summed E-state index contributed by atoms with van der Waals surface area (Å²) in [4.78, 5) is 14.6. The normalized spacial score (nSPS) is 14.1. The van der Waals surface area contributed by atoms with Crippen molar-refractivity contribution in [1.82, 2.24) is 25.1 Å². The minimum absolute atomic E-state index is 0.157. The van der Waals surface area contributed by atoms with Gasteiger partial charge in [0.15, 0.2) is 5.82 Å². The van der Waals surface area contributed by atoms with Crippen LogP contribution >= 0.6 is 0 Å². The molecule has 2 heterocycles. The minimum atomic E-state index is 0.157. The highest BCUT2D eigenvalue weighted by Crippen LogP contribution is 2.22. The first-order valence-corrected chi connectivity index (χ1v) is 9.07. The molecular weight excluding hydrogens is 338 g/mol. The summed E-state index contributed by atoms with van der Waals surface area (Å²) in [5.74, 6) is 0.887. The average Bonchev–Trinajstić information content (AvgIpc) is 3.15. The van der Waals surface area contributed by atoms with Crippen LogP contribution in [-0.4, -0.2) is 44.1 Å². The Morgan fingerprint density at radius 1 is 1.07 bits per heavy atom. The molecule has 27 heavy (non-hydrogen) atoms. The molecule has 0 atom stereocenters. The third kappa shape index (κ3) is 3.79. The first kappa shape index (κ1) is 17.1. The van der Waals surface area contributed by atoms with Crippen LogP contribution in [0.5, 0.6) is 0 Å². The fraction of sp³-hybridized carbons (Fsp3) is 0.238. The quantitative estimate of drug-likeness (QED) is 0.719. The van der Waals surface area contributed by atoms with E-state index in [1.165, 1.54) is 11.1 Å². The van der Waals surface area contributed by atoms with Crippen LogP contribution in [0.15, 0.2) is 60.7 Å². The van der Waals surface area contributed by atoms with E-state index in [4.69, 9.17) is 0 Å². The molecule has 1 aliphatic rings. The van der Waals surface area contributed by atoms with Crippen molar-refractivity contribution in [3.8, 4) is 5.69 Å². The van der Waals surface area contributed by atoms with Crippen molar-refractivity contribution in [2.75, 3.05) is 13.1 Å². The Balaban J connectivity index is 1.38. The van der Waals surface area contributed by atoms with Crippen LogP contribution in [0.4, 0.5) is 0 Å². The predicted octanol–water partition coefficient (Wildman–Crippen LogP) is 2.83. The maximum absolute atomic E-state index is 12.6. The number of aromatic nitrogens is 4. The lowest BCUT2D eigenvalue weighted by molar-refractivity contribution is -0.130. The van der Waals surface area contributed by atoms with Gasteiger partial charge in [0.05, 0.1) is 12.1 Å². The molecule has 1 aliphatic heterocycles. The van der Waals surface area contributed by atoms with Crippen LogP contribution in [0.3, 0.4) is 0 Å². The molecule has 0 saturated heterocycles. The number of carbonyl (C=O) groups excluding carboxylic acids is 1. The zero-order valence-corrected chi connectivity index (χ0v) is 15.2. The summed E-state index contributed by atoms with van der Waals surface area (Å²) in [6.07, 6.45) is 3.47. The Kier molecular flexibility index (Phi) is 4.78. The van der Waals surface area contributed by atoms with E-state index in [1.807, 2.05) is 54.3 Å². The highest BCUT2D eigenvalue weighted by atomic mass is 16.2. The largest absolute Gasteiger partial charge is 0.338 e. The number of nitrogens with zero attached hydrogens (tertiary/aromatic N) is 5. The predicted molar refractivity (Wildman–Crippen MR) is 103 cm³/mol. The van der Waals surface area contributed by atoms with Gasteiger partial charge in [0.25, 0.3) is 0 Å². The molecule has 0 spiro atoms. The van der Waals surface area contributed by atoms with Crippen molar-refractivity contribution < 1.29 is 4.79 Å². The van der Waals surface area contributed by atoms with Gasteiger partial charge in [0.1, 0.15) is 0 Å². The molecule has 6 heteroatoms. The van der Waals surface area contributed by atoms with Gasteiger partial charge in [-0.25, -0.2) is 0 Å². The van der Waals surface area contributed by atoms with Crippen LogP contribution in [0.2, 0.25) is 0 Å². The average molecular weight is 359 g/mol. The monoisotopic (exact) mass is 359 g/mol. The first-order chi connectivity index (χ1) is 13.2. The Labute approximate surface area is 158 Å². The van der Waals surface area contributed by atoms with Crippen molar-refractivity contribution in [2.45, 2.75) is 19.8 Å². The first-order valence-electron chi connectivity index (χ1n) is 9.07. The number of carbonyl (C=O) groups is 1. The standard InChI is InChI=1S/C21H21N5O/c1-16-22-23-24-26(16)20-9-7-17(8-10-20)15-21(27)25-13-11-19(12-14-25)18-5-3-2-4-6-18/h2-11H,12-15H2,1H3. The third-order valence-electron chi connectivity index (χ3n) is 4.87. The van der Waals surface area contributed by atoms with Crippen molar-refractivity contribution in [1.29, 1.82) is 0 Å². The Hall–Kier alpha value is -3.28. The van der Waals surface area contributed by atoms with E-state index in [-0.39, 0.29) is 5.91 Å². The van der Waals surface area contributed by atoms with Crippen molar-refractivity contribution in [3.63, 3.8) is 0 Å². The molecule has 2 aromatic carbocycles. The van der Waals surface area contributed by atoms with Gasteiger partial charge in [0, 0.05) is 13.1 Å². The van der Waals surface area contributed by atoms with Gasteiger partial charge < -0.3 is 4.90 Å². The lowest BCUT2D eigenvalue weighted by Crippen LogP contribution is -2.35. The number of tetrazole rings is 1. The summed E-state index contributed by atoms with van der Waals surface area (Å²) in [6, 6.07) is 18.2. The van der Waals surface area contributed by atoms with Crippen molar-refractivity contribution in [2.24, 2.45) is 0 Å². The van der Waals surface area contributed by atoms with Gasteiger partial charge in [-0.1, -0.05) is 48.5 Å². The summed E-state index contributed by atoms with van der Waals surface area (Å²) < 4.78 is 1.67. The summed E-state index contributed by atoms with van der Waals surface area (Å²) in [5, 5.41) is 11.5. The molecule has 0 N–H and O–H groups in total. The molecule has 0 unspecified atom stereocenters. The molecule has 3 aromatic rings. The van der Waals surface area contributed by atoms with Gasteiger partial charge in [-0.2, -0.15) is 4.68 Å². The van der Waals surface area contributed by atoms with E-state index in [1.54, 1.807) is 4.68 Å². The topological polar surface area (TPSA) is 63.9 Å². The number of aryl methyl sites for hydroxylation is 1. The van der Waals surface area contributed by atoms with E-state index < -0.39 is 0 Å². The fourth-order valence-electron chi connectivity index (χ4n) is 3.32. The van der Waals surface area contributed by atoms with Gasteiger partial charge in [-0.05, 0) is 52.6 Å². The SMILES string of the molecule is Cc1nnnn1-c1ccc(CC(=O)N2CC=C(c3ccccc3)CC2)cc1. The Morgan fingerprint density at radius 3 is 2.48 bits per heavy atom. The van der Waals surface area contributed by atoms with E-state index in [0.29, 0.717) is 13.0 Å². The van der Waals surface area contributed by atoms with Gasteiger partial charge in [-0.3, -0.25) is 4.79 Å². The van der Waals surface area contributed by atoms with Crippen LogP contribution < -0.4 is 0 Å². The van der Waals surface area contributed by atoms with E-state index in [9.17, 15) is 4.79 Å². The van der Waals surface area contributed by atoms with Crippen LogP contribution in [-0.2, 0) is 11.2 Å². The lowest BCUT2D eigenvalue weighted by atomic mass is 9.99. The molecule has 136 valence electrons. The summed E-state index contributed by atoms with van der Waals surface area (Å²) in [5.41, 5.74) is 4.45. The molecule has 0 radical (unpaired) electrons. The van der Waals surface area contributed by atoms with Crippen LogP contribution in [0, 0.1) is 6.92 Å². The zero-order valence-electron chi connectivity index (χ0n) is 15.2. The summed E-state index contributed by atoms with van der Waals surface area (Å²) in [7, 11) is 0.